The zero-order chi connectivity index (χ0) is 22.4. The van der Waals surface area contributed by atoms with Gasteiger partial charge in [0, 0.05) is 23.2 Å². The lowest BCUT2D eigenvalue weighted by molar-refractivity contribution is -0.145. The fourth-order valence-electron chi connectivity index (χ4n) is 5.43. The minimum Gasteiger partial charge on any atom is -0.497 e. The second-order valence-electron chi connectivity index (χ2n) is 8.51. The summed E-state index contributed by atoms with van der Waals surface area (Å²) < 4.78 is 15.9. The van der Waals surface area contributed by atoms with Gasteiger partial charge in [0.15, 0.2) is 0 Å². The van der Waals surface area contributed by atoms with Crippen molar-refractivity contribution < 1.29 is 28.6 Å². The zero-order valence-electron chi connectivity index (χ0n) is 17.8. The van der Waals surface area contributed by atoms with Crippen LogP contribution in [0.4, 0.5) is 11.4 Å². The number of esters is 1. The molecular weight excluding hydrogens is 412 g/mol. The highest BCUT2D eigenvalue weighted by molar-refractivity contribution is 6.06. The summed E-state index contributed by atoms with van der Waals surface area (Å²) in [5.41, 5.74) is 1.36. The number of carbonyl (C=O) groups is 3. The second kappa shape index (κ2) is 7.85. The Morgan fingerprint density at radius 3 is 2.66 bits per heavy atom. The van der Waals surface area contributed by atoms with Crippen LogP contribution in [0.5, 0.6) is 11.5 Å². The van der Waals surface area contributed by atoms with Gasteiger partial charge in [-0.15, -0.1) is 0 Å². The van der Waals surface area contributed by atoms with Crippen molar-refractivity contribution in [2.24, 2.45) is 23.7 Å². The summed E-state index contributed by atoms with van der Waals surface area (Å²) in [4.78, 5) is 38.1. The van der Waals surface area contributed by atoms with Crippen LogP contribution in [-0.2, 0) is 14.3 Å². The van der Waals surface area contributed by atoms with Gasteiger partial charge in [0.2, 0.25) is 5.91 Å². The van der Waals surface area contributed by atoms with Gasteiger partial charge in [-0.2, -0.15) is 0 Å². The molecule has 2 N–H and O–H groups in total. The highest BCUT2D eigenvalue weighted by atomic mass is 16.6. The van der Waals surface area contributed by atoms with Crippen molar-refractivity contribution >= 4 is 29.2 Å². The van der Waals surface area contributed by atoms with Crippen molar-refractivity contribution in [3.8, 4) is 11.5 Å². The summed E-state index contributed by atoms with van der Waals surface area (Å²) in [6, 6.07) is 11.8. The van der Waals surface area contributed by atoms with Gasteiger partial charge < -0.3 is 24.8 Å². The molecule has 0 radical (unpaired) electrons. The Balaban J connectivity index is 1.30. The molecule has 2 bridgehead atoms. The topological polar surface area (TPSA) is 103 Å². The van der Waals surface area contributed by atoms with Crippen LogP contribution in [0.15, 0.2) is 42.5 Å². The molecule has 166 valence electrons. The molecule has 2 aliphatic carbocycles. The van der Waals surface area contributed by atoms with Gasteiger partial charge >= 0.3 is 5.97 Å². The van der Waals surface area contributed by atoms with E-state index >= 15 is 0 Å². The zero-order valence-corrected chi connectivity index (χ0v) is 17.8. The lowest BCUT2D eigenvalue weighted by Gasteiger charge is -2.23. The van der Waals surface area contributed by atoms with Crippen LogP contribution in [0.2, 0.25) is 0 Å². The minimum absolute atomic E-state index is 0.0119. The molecule has 1 saturated heterocycles. The number of rotatable bonds is 6. The molecule has 0 aromatic heterocycles. The normalized spacial score (nSPS) is 27.1. The maximum absolute atomic E-state index is 13.0. The molecule has 2 aromatic rings. The molecule has 1 heterocycles. The standard InChI is InChI=1S/C24H24N2O6/c1-30-15-6-7-18(31-2)17(11-15)26-22(27)12-4-3-5-14(8-12)25-23(28)20-13-9-16-19(10-13)32-24(29)21(16)20/h3-8,11,13,16,19-21H,9-10H2,1-2H3,(H,25,28)(H,26,27)/t13-,16+,19+,20-,21-/m1/s1. The van der Waals surface area contributed by atoms with Crippen LogP contribution in [0.25, 0.3) is 0 Å². The van der Waals surface area contributed by atoms with Gasteiger partial charge in [0.25, 0.3) is 5.91 Å². The van der Waals surface area contributed by atoms with E-state index in [1.165, 1.54) is 7.11 Å². The van der Waals surface area contributed by atoms with Crippen LogP contribution in [-0.4, -0.2) is 38.1 Å². The Bertz CT molecular complexity index is 1100. The van der Waals surface area contributed by atoms with E-state index in [4.69, 9.17) is 14.2 Å². The first kappa shape index (κ1) is 20.4. The number of hydrogen-bond donors (Lipinski definition) is 2. The van der Waals surface area contributed by atoms with E-state index in [0.717, 1.165) is 12.8 Å². The predicted molar refractivity (Wildman–Crippen MR) is 116 cm³/mol. The average Bonchev–Trinajstić information content (AvgIpc) is 3.42. The second-order valence-corrected chi connectivity index (χ2v) is 8.51. The third-order valence-corrected chi connectivity index (χ3v) is 6.83. The number of fused-ring (bicyclic) bond motifs is 1. The Morgan fingerprint density at radius 1 is 1.03 bits per heavy atom. The van der Waals surface area contributed by atoms with Gasteiger partial charge in [0.1, 0.15) is 17.6 Å². The van der Waals surface area contributed by atoms with E-state index in [9.17, 15) is 14.4 Å². The lowest BCUT2D eigenvalue weighted by atomic mass is 9.79. The molecule has 2 amide bonds. The SMILES string of the molecule is COc1ccc(OC)c(NC(=O)c2cccc(NC(=O)[C@@H]3[C@@H]4C[C@@H]5[C@H]3C(=O)O[C@H]5C4)c2)c1. The molecule has 8 nitrogen and oxygen atoms in total. The minimum atomic E-state index is -0.371. The fraction of sp³-hybridized carbons (Fsp3) is 0.375. The number of benzene rings is 2. The molecule has 0 unspecified atom stereocenters. The first-order chi connectivity index (χ1) is 15.5. The van der Waals surface area contributed by atoms with Crippen LogP contribution >= 0.6 is 0 Å². The van der Waals surface area contributed by atoms with Crippen LogP contribution in [0.3, 0.4) is 0 Å². The highest BCUT2D eigenvalue weighted by Crippen LogP contribution is 2.57. The molecule has 1 aliphatic heterocycles. The number of methoxy groups -OCH3 is 2. The van der Waals surface area contributed by atoms with Crippen molar-refractivity contribution in [3.63, 3.8) is 0 Å². The van der Waals surface area contributed by atoms with Gasteiger partial charge in [-0.25, -0.2) is 0 Å². The predicted octanol–water partition coefficient (Wildman–Crippen LogP) is 3.09. The number of hydrogen-bond acceptors (Lipinski definition) is 6. The van der Waals surface area contributed by atoms with Gasteiger partial charge in [-0.05, 0) is 49.1 Å². The molecule has 8 heteroatoms. The summed E-state index contributed by atoms with van der Waals surface area (Å²) in [6.45, 7) is 0. The van der Waals surface area contributed by atoms with Gasteiger partial charge in [-0.3, -0.25) is 14.4 Å². The molecule has 3 fully saturated rings. The Morgan fingerprint density at radius 2 is 1.88 bits per heavy atom. The molecule has 32 heavy (non-hydrogen) atoms. The third-order valence-electron chi connectivity index (χ3n) is 6.83. The molecule has 3 aliphatic rings. The molecular formula is C24H24N2O6. The summed E-state index contributed by atoms with van der Waals surface area (Å²) in [6.07, 6.45) is 1.61. The number of ether oxygens (including phenoxy) is 3. The number of nitrogens with one attached hydrogen (secondary N) is 2. The quantitative estimate of drug-likeness (QED) is 0.675. The largest absolute Gasteiger partial charge is 0.497 e. The summed E-state index contributed by atoms with van der Waals surface area (Å²) >= 11 is 0. The van der Waals surface area contributed by atoms with E-state index in [0.29, 0.717) is 28.4 Å². The molecule has 0 spiro atoms. The fourth-order valence-corrected chi connectivity index (χ4v) is 5.43. The van der Waals surface area contributed by atoms with E-state index in [2.05, 4.69) is 10.6 Å². The first-order valence-electron chi connectivity index (χ1n) is 10.6. The van der Waals surface area contributed by atoms with Crippen molar-refractivity contribution in [2.75, 3.05) is 24.9 Å². The third kappa shape index (κ3) is 3.36. The Labute approximate surface area is 185 Å². The Hall–Kier alpha value is -3.55. The number of carbonyl (C=O) groups excluding carboxylic acids is 3. The van der Waals surface area contributed by atoms with Crippen molar-refractivity contribution in [1.82, 2.24) is 0 Å². The monoisotopic (exact) mass is 436 g/mol. The number of amides is 2. The Kier molecular flexibility index (Phi) is 5.00. The van der Waals surface area contributed by atoms with E-state index < -0.39 is 0 Å². The lowest BCUT2D eigenvalue weighted by Crippen LogP contribution is -2.35. The highest BCUT2D eigenvalue weighted by Gasteiger charge is 2.63. The van der Waals surface area contributed by atoms with Crippen molar-refractivity contribution in [2.45, 2.75) is 18.9 Å². The smallest absolute Gasteiger partial charge is 0.310 e. The molecule has 2 aromatic carbocycles. The van der Waals surface area contributed by atoms with Crippen LogP contribution < -0.4 is 20.1 Å². The molecule has 2 saturated carbocycles. The van der Waals surface area contributed by atoms with Crippen molar-refractivity contribution in [3.05, 3.63) is 48.0 Å². The maximum atomic E-state index is 13.0. The van der Waals surface area contributed by atoms with Gasteiger partial charge in [0.05, 0.1) is 31.7 Å². The average molecular weight is 436 g/mol. The van der Waals surface area contributed by atoms with Gasteiger partial charge in [-0.1, -0.05) is 6.07 Å². The van der Waals surface area contributed by atoms with E-state index in [-0.39, 0.29) is 47.6 Å². The van der Waals surface area contributed by atoms with Crippen LogP contribution in [0, 0.1) is 23.7 Å². The molecule has 5 atom stereocenters. The van der Waals surface area contributed by atoms with Crippen LogP contribution in [0.1, 0.15) is 23.2 Å². The summed E-state index contributed by atoms with van der Waals surface area (Å²) in [7, 11) is 3.06. The summed E-state index contributed by atoms with van der Waals surface area (Å²) in [5.74, 6) is -0.0772. The molecule has 5 rings (SSSR count). The van der Waals surface area contributed by atoms with Crippen molar-refractivity contribution in [1.29, 1.82) is 0 Å². The van der Waals surface area contributed by atoms with E-state index in [1.807, 2.05) is 0 Å². The first-order valence-corrected chi connectivity index (χ1v) is 10.6. The maximum Gasteiger partial charge on any atom is 0.310 e. The number of anilines is 2. The summed E-state index contributed by atoms with van der Waals surface area (Å²) in [5, 5.41) is 5.72. The van der Waals surface area contributed by atoms with E-state index in [1.54, 1.807) is 49.6 Å².